The van der Waals surface area contributed by atoms with Crippen LogP contribution in [0.3, 0.4) is 0 Å². The van der Waals surface area contributed by atoms with Gasteiger partial charge in [-0.05, 0) is 19.4 Å². The van der Waals surface area contributed by atoms with Crippen LogP contribution in [-0.2, 0) is 12.8 Å². The molecule has 1 aromatic rings. The molecule has 3 heteroatoms. The fraction of sp³-hybridized carbons (Fsp3) is 0.500. The van der Waals surface area contributed by atoms with Crippen LogP contribution < -0.4 is 4.90 Å². The maximum Gasteiger partial charge on any atom is 0.136 e. The Bertz CT molecular complexity index is 396. The average Bonchev–Trinajstić information content (AvgIpc) is 2.74. The van der Waals surface area contributed by atoms with E-state index >= 15 is 0 Å². The highest BCUT2D eigenvalue weighted by molar-refractivity contribution is 5.64. The molecule has 1 heterocycles. The van der Waals surface area contributed by atoms with E-state index in [2.05, 4.69) is 47.9 Å². The second-order valence-electron chi connectivity index (χ2n) is 3.80. The summed E-state index contributed by atoms with van der Waals surface area (Å²) in [6.45, 7) is 5.21. The highest BCUT2D eigenvalue weighted by Crippen LogP contribution is 2.26. The van der Waals surface area contributed by atoms with Crippen molar-refractivity contribution in [3.05, 3.63) is 23.2 Å². The van der Waals surface area contributed by atoms with Gasteiger partial charge < -0.3 is 4.90 Å². The molecule has 1 aliphatic carbocycles. The normalized spacial score (nSPS) is 13.0. The van der Waals surface area contributed by atoms with Gasteiger partial charge in [0.2, 0.25) is 0 Å². The number of allylic oxidation sites excluding steroid dienone is 1. The van der Waals surface area contributed by atoms with E-state index in [1.165, 1.54) is 5.56 Å². The molecule has 0 radical (unpaired) electrons. The lowest BCUT2D eigenvalue weighted by Crippen LogP contribution is -2.20. The number of anilines is 1. The zero-order valence-electron chi connectivity index (χ0n) is 9.62. The summed E-state index contributed by atoms with van der Waals surface area (Å²) in [7, 11) is 2.08. The SMILES string of the molecule is CCc1nc2c(c(N(C)CC)n1)CC=C2. The summed E-state index contributed by atoms with van der Waals surface area (Å²) in [4.78, 5) is 11.3. The van der Waals surface area contributed by atoms with Gasteiger partial charge >= 0.3 is 0 Å². The van der Waals surface area contributed by atoms with Crippen molar-refractivity contribution in [3.8, 4) is 0 Å². The van der Waals surface area contributed by atoms with Crippen LogP contribution in [0.5, 0.6) is 0 Å². The van der Waals surface area contributed by atoms with Crippen LogP contribution in [0.15, 0.2) is 6.08 Å². The van der Waals surface area contributed by atoms with Crippen LogP contribution in [-0.4, -0.2) is 23.6 Å². The van der Waals surface area contributed by atoms with Crippen LogP contribution in [0.25, 0.3) is 6.08 Å². The van der Waals surface area contributed by atoms with Crippen LogP contribution >= 0.6 is 0 Å². The first kappa shape index (κ1) is 10.1. The minimum absolute atomic E-state index is 0.895. The molecule has 1 aliphatic rings. The second kappa shape index (κ2) is 4.01. The molecule has 0 spiro atoms. The van der Waals surface area contributed by atoms with Gasteiger partial charge in [0.1, 0.15) is 11.6 Å². The summed E-state index contributed by atoms with van der Waals surface area (Å²) in [5, 5.41) is 0. The van der Waals surface area contributed by atoms with E-state index < -0.39 is 0 Å². The summed E-state index contributed by atoms with van der Waals surface area (Å²) >= 11 is 0. The maximum atomic E-state index is 4.61. The number of hydrogen-bond acceptors (Lipinski definition) is 3. The zero-order valence-corrected chi connectivity index (χ0v) is 9.62. The van der Waals surface area contributed by atoms with E-state index in [1.54, 1.807) is 0 Å². The molecule has 15 heavy (non-hydrogen) atoms. The molecule has 0 aromatic carbocycles. The number of aromatic nitrogens is 2. The molecule has 0 amide bonds. The van der Waals surface area contributed by atoms with Gasteiger partial charge in [0.25, 0.3) is 0 Å². The summed E-state index contributed by atoms with van der Waals surface area (Å²) in [5.74, 6) is 2.04. The summed E-state index contributed by atoms with van der Waals surface area (Å²) < 4.78 is 0. The molecule has 0 fully saturated rings. The van der Waals surface area contributed by atoms with Crippen molar-refractivity contribution < 1.29 is 0 Å². The van der Waals surface area contributed by atoms with Gasteiger partial charge in [-0.25, -0.2) is 9.97 Å². The van der Waals surface area contributed by atoms with Crippen LogP contribution in [0.2, 0.25) is 0 Å². The third-order valence-corrected chi connectivity index (χ3v) is 2.81. The molecule has 0 saturated heterocycles. The van der Waals surface area contributed by atoms with Gasteiger partial charge in [0.05, 0.1) is 5.69 Å². The fourth-order valence-corrected chi connectivity index (χ4v) is 1.78. The Morgan fingerprint density at radius 2 is 2.13 bits per heavy atom. The molecule has 0 unspecified atom stereocenters. The van der Waals surface area contributed by atoms with Crippen molar-refractivity contribution >= 4 is 11.9 Å². The van der Waals surface area contributed by atoms with Crippen LogP contribution in [0, 0.1) is 0 Å². The van der Waals surface area contributed by atoms with Crippen molar-refractivity contribution in [1.82, 2.24) is 9.97 Å². The topological polar surface area (TPSA) is 29.0 Å². The van der Waals surface area contributed by atoms with E-state index in [1.807, 2.05) is 0 Å². The van der Waals surface area contributed by atoms with E-state index in [4.69, 9.17) is 0 Å². The molecular formula is C12H17N3. The lowest BCUT2D eigenvalue weighted by molar-refractivity contribution is 0.863. The number of hydrogen-bond donors (Lipinski definition) is 0. The fourth-order valence-electron chi connectivity index (χ4n) is 1.78. The minimum atomic E-state index is 0.895. The van der Waals surface area contributed by atoms with E-state index in [0.717, 1.165) is 36.7 Å². The van der Waals surface area contributed by atoms with Crippen molar-refractivity contribution in [2.75, 3.05) is 18.5 Å². The lowest BCUT2D eigenvalue weighted by atomic mass is 10.2. The molecule has 1 aromatic heterocycles. The predicted molar refractivity (Wildman–Crippen MR) is 63.1 cm³/mol. The molecule has 3 nitrogen and oxygen atoms in total. The highest BCUT2D eigenvalue weighted by atomic mass is 15.2. The monoisotopic (exact) mass is 203 g/mol. The minimum Gasteiger partial charge on any atom is -0.360 e. The van der Waals surface area contributed by atoms with Crippen LogP contribution in [0.4, 0.5) is 5.82 Å². The Morgan fingerprint density at radius 3 is 2.80 bits per heavy atom. The van der Waals surface area contributed by atoms with Gasteiger partial charge in [-0.2, -0.15) is 0 Å². The largest absolute Gasteiger partial charge is 0.360 e. The number of rotatable bonds is 3. The van der Waals surface area contributed by atoms with Gasteiger partial charge in [-0.15, -0.1) is 0 Å². The number of fused-ring (bicyclic) bond motifs is 1. The molecule has 2 rings (SSSR count). The quantitative estimate of drug-likeness (QED) is 0.753. The number of nitrogens with zero attached hydrogens (tertiary/aromatic N) is 3. The molecule has 0 atom stereocenters. The molecule has 0 saturated carbocycles. The van der Waals surface area contributed by atoms with Gasteiger partial charge in [-0.3, -0.25) is 0 Å². The van der Waals surface area contributed by atoms with E-state index in [0.29, 0.717) is 0 Å². The third-order valence-electron chi connectivity index (χ3n) is 2.81. The number of aryl methyl sites for hydroxylation is 1. The third kappa shape index (κ3) is 1.74. The first-order valence-corrected chi connectivity index (χ1v) is 5.53. The molecular weight excluding hydrogens is 186 g/mol. The standard InChI is InChI=1S/C12H17N3/c1-4-11-13-10-8-6-7-9(10)12(14-11)15(3)5-2/h6,8H,4-5,7H2,1-3H3. The highest BCUT2D eigenvalue weighted by Gasteiger charge is 2.16. The average molecular weight is 203 g/mol. The first-order valence-electron chi connectivity index (χ1n) is 5.53. The zero-order chi connectivity index (χ0) is 10.8. The predicted octanol–water partition coefficient (Wildman–Crippen LogP) is 2.06. The summed E-state index contributed by atoms with van der Waals surface area (Å²) in [6.07, 6.45) is 6.12. The summed E-state index contributed by atoms with van der Waals surface area (Å²) in [5.41, 5.74) is 2.38. The van der Waals surface area contributed by atoms with E-state index in [-0.39, 0.29) is 0 Å². The second-order valence-corrected chi connectivity index (χ2v) is 3.80. The Labute approximate surface area is 90.9 Å². The molecule has 0 aliphatic heterocycles. The van der Waals surface area contributed by atoms with E-state index in [9.17, 15) is 0 Å². The Balaban J connectivity index is 2.50. The van der Waals surface area contributed by atoms with Gasteiger partial charge in [-0.1, -0.05) is 13.0 Å². The van der Waals surface area contributed by atoms with Crippen molar-refractivity contribution in [2.45, 2.75) is 26.7 Å². The maximum absolute atomic E-state index is 4.61. The molecule has 0 N–H and O–H groups in total. The van der Waals surface area contributed by atoms with Crippen LogP contribution in [0.1, 0.15) is 30.9 Å². The summed E-state index contributed by atoms with van der Waals surface area (Å²) in [6, 6.07) is 0. The van der Waals surface area contributed by atoms with Crippen molar-refractivity contribution in [3.63, 3.8) is 0 Å². The lowest BCUT2D eigenvalue weighted by Gasteiger charge is -2.19. The molecule has 0 bridgehead atoms. The Hall–Kier alpha value is -1.38. The Morgan fingerprint density at radius 1 is 1.33 bits per heavy atom. The van der Waals surface area contributed by atoms with Crippen molar-refractivity contribution in [2.24, 2.45) is 0 Å². The Kier molecular flexibility index (Phi) is 2.71. The van der Waals surface area contributed by atoms with Gasteiger partial charge in [0, 0.05) is 25.6 Å². The first-order chi connectivity index (χ1) is 7.26. The van der Waals surface area contributed by atoms with Crippen molar-refractivity contribution in [1.29, 1.82) is 0 Å². The smallest absolute Gasteiger partial charge is 0.136 e. The van der Waals surface area contributed by atoms with Gasteiger partial charge in [0.15, 0.2) is 0 Å². The molecule has 80 valence electrons.